The molecule has 1 aliphatic rings. The molecule has 0 saturated heterocycles. The molecule has 2 rings (SSSR count). The van der Waals surface area contributed by atoms with Crippen LogP contribution in [0.1, 0.15) is 52.1 Å². The minimum Gasteiger partial charge on any atom is -0.299 e. The Balaban J connectivity index is 1.86. The SMILES string of the molecule is Cn1cc(CC(=O)C2CCC(C(C)(C)C)CC2)nn1. The Morgan fingerprint density at radius 1 is 1.32 bits per heavy atom. The first-order valence-corrected chi connectivity index (χ1v) is 7.24. The zero-order valence-corrected chi connectivity index (χ0v) is 12.5. The number of carbonyl (C=O) groups excluding carboxylic acids is 1. The van der Waals surface area contributed by atoms with Crippen molar-refractivity contribution in [3.8, 4) is 0 Å². The van der Waals surface area contributed by atoms with Crippen LogP contribution in [0.15, 0.2) is 6.20 Å². The van der Waals surface area contributed by atoms with Gasteiger partial charge in [-0.15, -0.1) is 5.10 Å². The number of hydrogen-bond donors (Lipinski definition) is 0. The maximum absolute atomic E-state index is 12.3. The third-order valence-electron chi connectivity index (χ3n) is 4.41. The molecule has 4 nitrogen and oxygen atoms in total. The molecule has 0 bridgehead atoms. The molecule has 19 heavy (non-hydrogen) atoms. The normalized spacial score (nSPS) is 24.4. The summed E-state index contributed by atoms with van der Waals surface area (Å²) in [7, 11) is 1.83. The molecule has 0 unspecified atom stereocenters. The Bertz CT molecular complexity index is 436. The van der Waals surface area contributed by atoms with Crippen LogP contribution in [0.4, 0.5) is 0 Å². The summed E-state index contributed by atoms with van der Waals surface area (Å²) < 4.78 is 1.65. The molecule has 0 atom stereocenters. The number of Topliss-reactive ketones (excluding diaryl/α,β-unsaturated/α-hetero) is 1. The van der Waals surface area contributed by atoms with Gasteiger partial charge in [0.1, 0.15) is 5.78 Å². The highest BCUT2D eigenvalue weighted by molar-refractivity contribution is 5.82. The molecule has 1 aliphatic carbocycles. The number of rotatable bonds is 3. The van der Waals surface area contributed by atoms with E-state index < -0.39 is 0 Å². The number of nitrogens with zero attached hydrogens (tertiary/aromatic N) is 3. The van der Waals surface area contributed by atoms with Crippen LogP contribution in [-0.4, -0.2) is 20.8 Å². The van der Waals surface area contributed by atoms with Gasteiger partial charge in [-0.2, -0.15) is 0 Å². The molecular weight excluding hydrogens is 238 g/mol. The van der Waals surface area contributed by atoms with Gasteiger partial charge in [0.15, 0.2) is 0 Å². The van der Waals surface area contributed by atoms with Crippen molar-refractivity contribution in [1.29, 1.82) is 0 Å². The number of hydrogen-bond acceptors (Lipinski definition) is 3. The Morgan fingerprint density at radius 2 is 1.95 bits per heavy atom. The van der Waals surface area contributed by atoms with Gasteiger partial charge in [-0.1, -0.05) is 26.0 Å². The average molecular weight is 263 g/mol. The van der Waals surface area contributed by atoms with E-state index in [9.17, 15) is 4.79 Å². The van der Waals surface area contributed by atoms with E-state index in [1.807, 2.05) is 13.2 Å². The lowest BCUT2D eigenvalue weighted by atomic mass is 9.69. The van der Waals surface area contributed by atoms with Gasteiger partial charge >= 0.3 is 0 Å². The van der Waals surface area contributed by atoms with Crippen molar-refractivity contribution >= 4 is 5.78 Å². The Hall–Kier alpha value is -1.19. The van der Waals surface area contributed by atoms with E-state index in [4.69, 9.17) is 0 Å². The Labute approximate surface area is 115 Å². The van der Waals surface area contributed by atoms with Gasteiger partial charge in [-0.25, -0.2) is 0 Å². The number of ketones is 1. The van der Waals surface area contributed by atoms with E-state index in [2.05, 4.69) is 31.1 Å². The average Bonchev–Trinajstić information content (AvgIpc) is 2.74. The second-order valence-electron chi connectivity index (χ2n) is 6.94. The van der Waals surface area contributed by atoms with Gasteiger partial charge in [-0.3, -0.25) is 9.48 Å². The van der Waals surface area contributed by atoms with Crippen molar-refractivity contribution < 1.29 is 4.79 Å². The lowest BCUT2D eigenvalue weighted by Crippen LogP contribution is -2.29. The van der Waals surface area contributed by atoms with Crippen LogP contribution in [0.5, 0.6) is 0 Å². The van der Waals surface area contributed by atoms with Crippen molar-refractivity contribution in [2.45, 2.75) is 52.9 Å². The van der Waals surface area contributed by atoms with Crippen LogP contribution in [-0.2, 0) is 18.3 Å². The highest BCUT2D eigenvalue weighted by Gasteiger charge is 2.32. The molecule has 0 aromatic carbocycles. The molecule has 1 aromatic rings. The third kappa shape index (κ3) is 3.64. The zero-order valence-electron chi connectivity index (χ0n) is 12.5. The summed E-state index contributed by atoms with van der Waals surface area (Å²) in [5.74, 6) is 1.33. The maximum atomic E-state index is 12.3. The van der Waals surface area contributed by atoms with Crippen LogP contribution < -0.4 is 0 Å². The van der Waals surface area contributed by atoms with Crippen molar-refractivity contribution in [2.75, 3.05) is 0 Å². The fourth-order valence-corrected chi connectivity index (χ4v) is 3.08. The predicted octanol–water partition coefficient (Wildman–Crippen LogP) is 2.78. The summed E-state index contributed by atoms with van der Waals surface area (Å²) in [6.07, 6.45) is 6.72. The van der Waals surface area contributed by atoms with E-state index in [0.29, 0.717) is 17.6 Å². The van der Waals surface area contributed by atoms with Crippen molar-refractivity contribution in [3.63, 3.8) is 0 Å². The van der Waals surface area contributed by atoms with Gasteiger partial charge in [0.25, 0.3) is 0 Å². The van der Waals surface area contributed by atoms with Gasteiger partial charge in [0, 0.05) is 19.2 Å². The Morgan fingerprint density at radius 3 is 2.42 bits per heavy atom. The highest BCUT2D eigenvalue weighted by atomic mass is 16.1. The van der Waals surface area contributed by atoms with Gasteiger partial charge in [0.05, 0.1) is 12.1 Å². The summed E-state index contributed by atoms with van der Waals surface area (Å²) in [5.41, 5.74) is 1.17. The lowest BCUT2D eigenvalue weighted by Gasteiger charge is -2.36. The number of carbonyl (C=O) groups is 1. The van der Waals surface area contributed by atoms with Gasteiger partial charge in [-0.05, 0) is 37.0 Å². The molecule has 1 fully saturated rings. The van der Waals surface area contributed by atoms with Crippen molar-refractivity contribution in [2.24, 2.45) is 24.3 Å². The van der Waals surface area contributed by atoms with E-state index in [1.165, 1.54) is 12.8 Å². The summed E-state index contributed by atoms with van der Waals surface area (Å²) in [6, 6.07) is 0. The Kier molecular flexibility index (Phi) is 4.07. The van der Waals surface area contributed by atoms with Crippen LogP contribution in [0, 0.1) is 17.3 Å². The predicted molar refractivity (Wildman–Crippen MR) is 74.6 cm³/mol. The number of aromatic nitrogens is 3. The topological polar surface area (TPSA) is 47.8 Å². The molecular formula is C15H25N3O. The van der Waals surface area contributed by atoms with Crippen LogP contribution in [0.2, 0.25) is 0 Å². The molecule has 1 saturated carbocycles. The third-order valence-corrected chi connectivity index (χ3v) is 4.41. The number of aryl methyl sites for hydroxylation is 1. The summed E-state index contributed by atoms with van der Waals surface area (Å²) in [4.78, 5) is 12.3. The minimum atomic E-state index is 0.237. The van der Waals surface area contributed by atoms with Gasteiger partial charge < -0.3 is 0 Å². The molecule has 1 heterocycles. The first kappa shape index (κ1) is 14.2. The molecule has 4 heteroatoms. The fraction of sp³-hybridized carbons (Fsp3) is 0.800. The smallest absolute Gasteiger partial charge is 0.142 e. The van der Waals surface area contributed by atoms with E-state index in [0.717, 1.165) is 24.5 Å². The van der Waals surface area contributed by atoms with Crippen LogP contribution in [0.25, 0.3) is 0 Å². The summed E-state index contributed by atoms with van der Waals surface area (Å²) in [5, 5.41) is 7.87. The largest absolute Gasteiger partial charge is 0.299 e. The van der Waals surface area contributed by atoms with Crippen molar-refractivity contribution in [3.05, 3.63) is 11.9 Å². The maximum Gasteiger partial charge on any atom is 0.142 e. The first-order chi connectivity index (χ1) is 8.86. The van der Waals surface area contributed by atoms with Gasteiger partial charge in [0.2, 0.25) is 0 Å². The van der Waals surface area contributed by atoms with E-state index in [-0.39, 0.29) is 5.92 Å². The summed E-state index contributed by atoms with van der Waals surface area (Å²) >= 11 is 0. The van der Waals surface area contributed by atoms with E-state index >= 15 is 0 Å². The second-order valence-corrected chi connectivity index (χ2v) is 6.94. The van der Waals surface area contributed by atoms with Crippen LogP contribution >= 0.6 is 0 Å². The van der Waals surface area contributed by atoms with Crippen LogP contribution in [0.3, 0.4) is 0 Å². The first-order valence-electron chi connectivity index (χ1n) is 7.24. The summed E-state index contributed by atoms with van der Waals surface area (Å²) in [6.45, 7) is 6.91. The molecule has 106 valence electrons. The quantitative estimate of drug-likeness (QED) is 0.842. The molecule has 1 aromatic heterocycles. The lowest BCUT2D eigenvalue weighted by molar-refractivity contribution is -0.123. The standard InChI is InChI=1S/C15H25N3O/c1-15(2,3)12-7-5-11(6-8-12)14(19)9-13-10-18(4)17-16-13/h10-12H,5-9H2,1-4H3. The fourth-order valence-electron chi connectivity index (χ4n) is 3.08. The minimum absolute atomic E-state index is 0.237. The highest BCUT2D eigenvalue weighted by Crippen LogP contribution is 2.40. The molecule has 0 aliphatic heterocycles. The van der Waals surface area contributed by atoms with Crippen molar-refractivity contribution in [1.82, 2.24) is 15.0 Å². The second kappa shape index (κ2) is 5.43. The molecule has 0 spiro atoms. The monoisotopic (exact) mass is 263 g/mol. The zero-order chi connectivity index (χ0) is 14.0. The molecule has 0 radical (unpaired) electrons. The molecule has 0 N–H and O–H groups in total. The van der Waals surface area contributed by atoms with E-state index in [1.54, 1.807) is 4.68 Å². The molecule has 0 amide bonds.